The van der Waals surface area contributed by atoms with Gasteiger partial charge in [0.05, 0.1) is 0 Å². The highest BCUT2D eigenvalue weighted by atomic mass is 16.2. The Morgan fingerprint density at radius 1 is 1.22 bits per heavy atom. The lowest BCUT2D eigenvalue weighted by atomic mass is 10.1. The highest BCUT2D eigenvalue weighted by Gasteiger charge is 2.26. The minimum Gasteiger partial charge on any atom is -0.340 e. The quantitative estimate of drug-likeness (QED) is 0.759. The van der Waals surface area contributed by atoms with E-state index < -0.39 is 0 Å². The van der Waals surface area contributed by atoms with Gasteiger partial charge in [0.1, 0.15) is 0 Å². The van der Waals surface area contributed by atoms with Crippen LogP contribution >= 0.6 is 0 Å². The van der Waals surface area contributed by atoms with Crippen molar-refractivity contribution >= 4 is 5.91 Å². The molecule has 1 aliphatic rings. The summed E-state index contributed by atoms with van der Waals surface area (Å²) in [7, 11) is 0. The minimum absolute atomic E-state index is 0.129. The van der Waals surface area contributed by atoms with Gasteiger partial charge >= 0.3 is 0 Å². The molecule has 3 nitrogen and oxygen atoms in total. The first-order valence-electron chi connectivity index (χ1n) is 7.55. The molecule has 0 aromatic rings. The molecule has 2 N–H and O–H groups in total. The second kappa shape index (κ2) is 7.78. The van der Waals surface area contributed by atoms with Crippen molar-refractivity contribution in [2.24, 2.45) is 11.7 Å². The molecule has 3 heteroatoms. The molecule has 0 bridgehead atoms. The maximum absolute atomic E-state index is 12.3. The molecule has 1 amide bonds. The zero-order chi connectivity index (χ0) is 13.5. The van der Waals surface area contributed by atoms with Crippen LogP contribution in [0.15, 0.2) is 0 Å². The van der Waals surface area contributed by atoms with Crippen LogP contribution in [0.5, 0.6) is 0 Å². The fraction of sp³-hybridized carbons (Fsp3) is 0.933. The van der Waals surface area contributed by atoms with Crippen molar-refractivity contribution < 1.29 is 4.79 Å². The molecule has 1 saturated carbocycles. The number of hydrogen-bond acceptors (Lipinski definition) is 2. The lowest BCUT2D eigenvalue weighted by Crippen LogP contribution is -2.40. The molecule has 0 heterocycles. The standard InChI is InChI=1S/C15H30N2O/c1-12(2)10-11-17(14-6-4-5-7-14)15(18)9-8-13(3)16/h12-14H,4-11,16H2,1-3H3. The van der Waals surface area contributed by atoms with Crippen LogP contribution in [-0.2, 0) is 4.79 Å². The van der Waals surface area contributed by atoms with Crippen molar-refractivity contribution in [3.63, 3.8) is 0 Å². The van der Waals surface area contributed by atoms with Gasteiger partial charge in [0.15, 0.2) is 0 Å². The van der Waals surface area contributed by atoms with Gasteiger partial charge in [0.25, 0.3) is 0 Å². The Balaban J connectivity index is 2.49. The van der Waals surface area contributed by atoms with Crippen LogP contribution in [0.2, 0.25) is 0 Å². The normalized spacial score (nSPS) is 18.3. The topological polar surface area (TPSA) is 46.3 Å². The van der Waals surface area contributed by atoms with Crippen LogP contribution in [0.4, 0.5) is 0 Å². The first-order chi connectivity index (χ1) is 8.50. The molecule has 0 radical (unpaired) electrons. The Morgan fingerprint density at radius 2 is 1.83 bits per heavy atom. The number of hydrogen-bond donors (Lipinski definition) is 1. The van der Waals surface area contributed by atoms with Crippen molar-refractivity contribution in [2.45, 2.75) is 77.8 Å². The molecular weight excluding hydrogens is 224 g/mol. The van der Waals surface area contributed by atoms with Crippen LogP contribution < -0.4 is 5.73 Å². The Kier molecular flexibility index (Phi) is 6.69. The lowest BCUT2D eigenvalue weighted by molar-refractivity contribution is -0.133. The molecular formula is C15H30N2O. The van der Waals surface area contributed by atoms with E-state index in [1.807, 2.05) is 6.92 Å². The molecule has 1 fully saturated rings. The fourth-order valence-corrected chi connectivity index (χ4v) is 2.62. The summed E-state index contributed by atoms with van der Waals surface area (Å²) in [4.78, 5) is 14.5. The summed E-state index contributed by atoms with van der Waals surface area (Å²) in [5, 5.41) is 0. The molecule has 0 aromatic heterocycles. The summed E-state index contributed by atoms with van der Waals surface area (Å²) < 4.78 is 0. The van der Waals surface area contributed by atoms with Crippen molar-refractivity contribution in [3.05, 3.63) is 0 Å². The minimum atomic E-state index is 0.129. The molecule has 18 heavy (non-hydrogen) atoms. The lowest BCUT2D eigenvalue weighted by Gasteiger charge is -2.30. The van der Waals surface area contributed by atoms with Gasteiger partial charge in [-0.15, -0.1) is 0 Å². The van der Waals surface area contributed by atoms with Crippen molar-refractivity contribution in [3.8, 4) is 0 Å². The van der Waals surface area contributed by atoms with E-state index >= 15 is 0 Å². The smallest absolute Gasteiger partial charge is 0.222 e. The molecule has 0 aliphatic heterocycles. The van der Waals surface area contributed by atoms with Gasteiger partial charge in [-0.05, 0) is 38.5 Å². The average Bonchev–Trinajstić information content (AvgIpc) is 2.79. The summed E-state index contributed by atoms with van der Waals surface area (Å²) >= 11 is 0. The summed E-state index contributed by atoms with van der Waals surface area (Å²) in [6.45, 7) is 7.35. The Hall–Kier alpha value is -0.570. The highest BCUT2D eigenvalue weighted by Crippen LogP contribution is 2.25. The van der Waals surface area contributed by atoms with Gasteiger partial charge in [-0.25, -0.2) is 0 Å². The van der Waals surface area contributed by atoms with E-state index in [0.29, 0.717) is 24.3 Å². The van der Waals surface area contributed by atoms with Crippen LogP contribution in [0.1, 0.15) is 65.7 Å². The second-order valence-electron chi connectivity index (χ2n) is 6.22. The van der Waals surface area contributed by atoms with E-state index in [1.54, 1.807) is 0 Å². The highest BCUT2D eigenvalue weighted by molar-refractivity contribution is 5.76. The molecule has 1 atom stereocenters. The van der Waals surface area contributed by atoms with Gasteiger partial charge < -0.3 is 10.6 Å². The van der Waals surface area contributed by atoms with E-state index in [-0.39, 0.29) is 6.04 Å². The van der Waals surface area contributed by atoms with Gasteiger partial charge in [0.2, 0.25) is 5.91 Å². The van der Waals surface area contributed by atoms with Crippen LogP contribution in [-0.4, -0.2) is 29.4 Å². The second-order valence-corrected chi connectivity index (χ2v) is 6.22. The van der Waals surface area contributed by atoms with Gasteiger partial charge in [-0.2, -0.15) is 0 Å². The fourth-order valence-electron chi connectivity index (χ4n) is 2.62. The number of amides is 1. The first kappa shape index (κ1) is 15.5. The maximum atomic E-state index is 12.3. The number of rotatable bonds is 7. The summed E-state index contributed by atoms with van der Waals surface area (Å²) in [5.41, 5.74) is 5.75. The molecule has 1 rings (SSSR count). The van der Waals surface area contributed by atoms with Crippen molar-refractivity contribution in [1.29, 1.82) is 0 Å². The zero-order valence-electron chi connectivity index (χ0n) is 12.3. The molecule has 1 unspecified atom stereocenters. The van der Waals surface area contributed by atoms with Crippen LogP contribution in [0.25, 0.3) is 0 Å². The summed E-state index contributed by atoms with van der Waals surface area (Å²) in [6.07, 6.45) is 7.49. The maximum Gasteiger partial charge on any atom is 0.222 e. The Morgan fingerprint density at radius 3 is 2.33 bits per heavy atom. The summed E-state index contributed by atoms with van der Waals surface area (Å²) in [5.74, 6) is 0.981. The molecule has 1 aliphatic carbocycles. The SMILES string of the molecule is CC(C)CCN(C(=O)CCC(C)N)C1CCCC1. The first-order valence-corrected chi connectivity index (χ1v) is 7.55. The van der Waals surface area contributed by atoms with E-state index in [0.717, 1.165) is 19.4 Å². The number of carbonyl (C=O) groups excluding carboxylic acids is 1. The van der Waals surface area contributed by atoms with E-state index in [2.05, 4.69) is 18.7 Å². The monoisotopic (exact) mass is 254 g/mol. The van der Waals surface area contributed by atoms with Crippen LogP contribution in [0.3, 0.4) is 0 Å². The summed E-state index contributed by atoms with van der Waals surface area (Å²) in [6, 6.07) is 0.633. The third-order valence-electron chi connectivity index (χ3n) is 3.85. The van der Waals surface area contributed by atoms with Gasteiger partial charge in [0, 0.05) is 25.0 Å². The van der Waals surface area contributed by atoms with E-state index in [9.17, 15) is 4.79 Å². The Bertz CT molecular complexity index is 245. The van der Waals surface area contributed by atoms with Crippen LogP contribution in [0, 0.1) is 5.92 Å². The largest absolute Gasteiger partial charge is 0.340 e. The van der Waals surface area contributed by atoms with E-state index in [4.69, 9.17) is 5.73 Å². The number of carbonyl (C=O) groups is 1. The third-order valence-corrected chi connectivity index (χ3v) is 3.85. The third kappa shape index (κ3) is 5.38. The molecule has 106 valence electrons. The molecule has 0 spiro atoms. The van der Waals surface area contributed by atoms with Gasteiger partial charge in [-0.1, -0.05) is 26.7 Å². The van der Waals surface area contributed by atoms with Crippen molar-refractivity contribution in [1.82, 2.24) is 4.90 Å². The number of nitrogens with zero attached hydrogens (tertiary/aromatic N) is 1. The number of nitrogens with two attached hydrogens (primary N) is 1. The predicted molar refractivity (Wildman–Crippen MR) is 76.3 cm³/mol. The Labute approximate surface area is 112 Å². The molecule has 0 saturated heterocycles. The molecule has 0 aromatic carbocycles. The van der Waals surface area contributed by atoms with Gasteiger partial charge in [-0.3, -0.25) is 4.79 Å². The predicted octanol–water partition coefficient (Wildman–Crippen LogP) is 2.93. The van der Waals surface area contributed by atoms with Crippen molar-refractivity contribution in [2.75, 3.05) is 6.54 Å². The van der Waals surface area contributed by atoms with E-state index in [1.165, 1.54) is 25.7 Å². The average molecular weight is 254 g/mol. The zero-order valence-corrected chi connectivity index (χ0v) is 12.3.